The zero-order chi connectivity index (χ0) is 12.0. The standard InChI is InChI=1S/C11H20N2O4/c12-8-7-5-16-11(17-7)9(10(8)15)13-3-1-2-6(13)4-14/h6-11,14-15H,1-5,12H2/t6-,7+,8+,9-,10+,11+/m0/s1. The number of aliphatic hydroxyl groups is 2. The lowest BCUT2D eigenvalue weighted by Crippen LogP contribution is -2.64. The SMILES string of the molecule is N[C@H]1[C@@H](O)[C@H](N2CCC[C@H]2CO)[C@@H]2OC[C@H]1O2. The van der Waals surface area contributed by atoms with Gasteiger partial charge in [0.15, 0.2) is 6.29 Å². The zero-order valence-electron chi connectivity index (χ0n) is 9.74. The van der Waals surface area contributed by atoms with Crippen molar-refractivity contribution in [3.05, 3.63) is 0 Å². The zero-order valence-corrected chi connectivity index (χ0v) is 9.74. The molecule has 0 radical (unpaired) electrons. The molecule has 0 aromatic heterocycles. The van der Waals surface area contributed by atoms with Crippen molar-refractivity contribution in [1.82, 2.24) is 4.90 Å². The fourth-order valence-corrected chi connectivity index (χ4v) is 3.23. The number of rotatable bonds is 2. The number of nitrogens with zero attached hydrogens (tertiary/aromatic N) is 1. The predicted octanol–water partition coefficient (Wildman–Crippen LogP) is -1.74. The molecule has 17 heavy (non-hydrogen) atoms. The summed E-state index contributed by atoms with van der Waals surface area (Å²) in [5, 5.41) is 19.6. The van der Waals surface area contributed by atoms with E-state index in [1.807, 2.05) is 0 Å². The first-order chi connectivity index (χ1) is 8.22. The summed E-state index contributed by atoms with van der Waals surface area (Å²) in [6, 6.07) is -0.562. The van der Waals surface area contributed by atoms with Gasteiger partial charge in [0, 0.05) is 6.04 Å². The number of nitrogens with two attached hydrogens (primary N) is 1. The molecule has 0 aliphatic carbocycles. The van der Waals surface area contributed by atoms with Gasteiger partial charge in [-0.15, -0.1) is 0 Å². The molecular formula is C11H20N2O4. The van der Waals surface area contributed by atoms with E-state index in [-0.39, 0.29) is 24.8 Å². The van der Waals surface area contributed by atoms with E-state index in [1.54, 1.807) is 0 Å². The average Bonchev–Trinajstić information content (AvgIpc) is 2.95. The Morgan fingerprint density at radius 3 is 3.00 bits per heavy atom. The van der Waals surface area contributed by atoms with E-state index in [0.29, 0.717) is 6.61 Å². The topological polar surface area (TPSA) is 88.2 Å². The maximum Gasteiger partial charge on any atom is 0.176 e. The molecule has 3 heterocycles. The van der Waals surface area contributed by atoms with Crippen LogP contribution in [0.2, 0.25) is 0 Å². The molecular weight excluding hydrogens is 224 g/mol. The molecule has 6 atom stereocenters. The Labute approximate surface area is 100 Å². The molecule has 3 fully saturated rings. The number of hydrogen-bond acceptors (Lipinski definition) is 6. The maximum absolute atomic E-state index is 10.3. The van der Waals surface area contributed by atoms with Crippen molar-refractivity contribution in [2.45, 2.75) is 49.5 Å². The third-order valence-corrected chi connectivity index (χ3v) is 4.20. The molecule has 0 saturated carbocycles. The molecule has 2 bridgehead atoms. The first kappa shape index (κ1) is 11.8. The Hall–Kier alpha value is -0.240. The third-order valence-electron chi connectivity index (χ3n) is 4.20. The largest absolute Gasteiger partial charge is 0.395 e. The van der Waals surface area contributed by atoms with Crippen LogP contribution in [0.1, 0.15) is 12.8 Å². The summed E-state index contributed by atoms with van der Waals surface area (Å²) < 4.78 is 11.2. The average molecular weight is 244 g/mol. The van der Waals surface area contributed by atoms with E-state index in [4.69, 9.17) is 15.2 Å². The van der Waals surface area contributed by atoms with Gasteiger partial charge in [-0.05, 0) is 19.4 Å². The van der Waals surface area contributed by atoms with E-state index in [0.717, 1.165) is 19.4 Å². The van der Waals surface area contributed by atoms with Crippen molar-refractivity contribution in [2.24, 2.45) is 5.73 Å². The van der Waals surface area contributed by atoms with Crippen LogP contribution in [0.5, 0.6) is 0 Å². The van der Waals surface area contributed by atoms with Gasteiger partial charge >= 0.3 is 0 Å². The lowest BCUT2D eigenvalue weighted by Gasteiger charge is -2.43. The van der Waals surface area contributed by atoms with E-state index < -0.39 is 18.4 Å². The molecule has 6 nitrogen and oxygen atoms in total. The molecule has 3 aliphatic heterocycles. The van der Waals surface area contributed by atoms with E-state index in [1.165, 1.54) is 0 Å². The van der Waals surface area contributed by atoms with E-state index in [9.17, 15) is 10.2 Å². The highest BCUT2D eigenvalue weighted by Gasteiger charge is 2.52. The molecule has 0 amide bonds. The van der Waals surface area contributed by atoms with Crippen LogP contribution >= 0.6 is 0 Å². The summed E-state index contributed by atoms with van der Waals surface area (Å²) in [6.07, 6.45) is 0.738. The summed E-state index contributed by atoms with van der Waals surface area (Å²) in [4.78, 5) is 2.09. The molecule has 0 unspecified atom stereocenters. The Bertz CT molecular complexity index is 291. The molecule has 3 aliphatic rings. The van der Waals surface area contributed by atoms with Crippen LogP contribution in [-0.2, 0) is 9.47 Å². The maximum atomic E-state index is 10.3. The Morgan fingerprint density at radius 1 is 1.41 bits per heavy atom. The summed E-state index contributed by atoms with van der Waals surface area (Å²) in [5.41, 5.74) is 5.96. The molecule has 0 aromatic rings. The molecule has 0 spiro atoms. The second-order valence-corrected chi connectivity index (χ2v) is 5.15. The van der Waals surface area contributed by atoms with Gasteiger partial charge in [-0.3, -0.25) is 4.90 Å². The van der Waals surface area contributed by atoms with E-state index in [2.05, 4.69) is 4.90 Å². The Balaban J connectivity index is 1.80. The normalized spacial score (nSPS) is 51.0. The van der Waals surface area contributed by atoms with Crippen LogP contribution in [0.15, 0.2) is 0 Å². The predicted molar refractivity (Wildman–Crippen MR) is 59.2 cm³/mol. The summed E-state index contributed by atoms with van der Waals surface area (Å²) in [7, 11) is 0. The van der Waals surface area contributed by atoms with Gasteiger partial charge < -0.3 is 25.4 Å². The fourth-order valence-electron chi connectivity index (χ4n) is 3.23. The summed E-state index contributed by atoms with van der Waals surface area (Å²) in [5.74, 6) is 0. The number of likely N-dealkylation sites (tertiary alicyclic amines) is 1. The number of aliphatic hydroxyl groups excluding tert-OH is 2. The van der Waals surface area contributed by atoms with Crippen molar-refractivity contribution in [3.63, 3.8) is 0 Å². The van der Waals surface area contributed by atoms with Gasteiger partial charge in [0.05, 0.1) is 31.4 Å². The molecule has 6 heteroatoms. The van der Waals surface area contributed by atoms with E-state index >= 15 is 0 Å². The molecule has 4 N–H and O–H groups in total. The van der Waals surface area contributed by atoms with Crippen molar-refractivity contribution in [1.29, 1.82) is 0 Å². The lowest BCUT2D eigenvalue weighted by molar-refractivity contribution is -0.181. The number of ether oxygens (including phenoxy) is 2. The van der Waals surface area contributed by atoms with Gasteiger partial charge in [0.25, 0.3) is 0 Å². The van der Waals surface area contributed by atoms with Crippen LogP contribution in [0.4, 0.5) is 0 Å². The van der Waals surface area contributed by atoms with Crippen molar-refractivity contribution < 1.29 is 19.7 Å². The van der Waals surface area contributed by atoms with Crippen LogP contribution < -0.4 is 5.73 Å². The highest BCUT2D eigenvalue weighted by Crippen LogP contribution is 2.33. The van der Waals surface area contributed by atoms with Crippen LogP contribution in [0.3, 0.4) is 0 Å². The number of hydrogen-bond donors (Lipinski definition) is 3. The van der Waals surface area contributed by atoms with Gasteiger partial charge in [0.1, 0.15) is 6.10 Å². The minimum atomic E-state index is -0.645. The number of fused-ring (bicyclic) bond motifs is 2. The molecule has 3 rings (SSSR count). The van der Waals surface area contributed by atoms with Gasteiger partial charge in [-0.2, -0.15) is 0 Å². The quantitative estimate of drug-likeness (QED) is 0.534. The molecule has 0 aromatic carbocycles. The minimum absolute atomic E-state index is 0.0891. The van der Waals surface area contributed by atoms with Crippen LogP contribution in [0, 0.1) is 0 Å². The van der Waals surface area contributed by atoms with Crippen molar-refractivity contribution in [3.8, 4) is 0 Å². The fraction of sp³-hybridized carbons (Fsp3) is 1.00. The Kier molecular flexibility index (Phi) is 3.10. The first-order valence-corrected chi connectivity index (χ1v) is 6.29. The van der Waals surface area contributed by atoms with Gasteiger partial charge in [-0.1, -0.05) is 0 Å². The Morgan fingerprint density at radius 2 is 2.24 bits per heavy atom. The second-order valence-electron chi connectivity index (χ2n) is 5.15. The van der Waals surface area contributed by atoms with Crippen molar-refractivity contribution in [2.75, 3.05) is 19.8 Å². The van der Waals surface area contributed by atoms with Gasteiger partial charge in [-0.25, -0.2) is 0 Å². The first-order valence-electron chi connectivity index (χ1n) is 6.29. The highest BCUT2D eigenvalue weighted by molar-refractivity contribution is 5.02. The lowest BCUT2D eigenvalue weighted by atomic mass is 9.95. The van der Waals surface area contributed by atoms with Crippen LogP contribution in [0.25, 0.3) is 0 Å². The smallest absolute Gasteiger partial charge is 0.176 e. The molecule has 3 saturated heterocycles. The summed E-state index contributed by atoms with van der Waals surface area (Å²) in [6.45, 7) is 1.42. The minimum Gasteiger partial charge on any atom is -0.395 e. The van der Waals surface area contributed by atoms with Gasteiger partial charge in [0.2, 0.25) is 0 Å². The summed E-state index contributed by atoms with van der Waals surface area (Å²) >= 11 is 0. The highest BCUT2D eigenvalue weighted by atomic mass is 16.7. The van der Waals surface area contributed by atoms with Crippen LogP contribution in [-0.4, -0.2) is 71.5 Å². The second kappa shape index (κ2) is 4.46. The molecule has 98 valence electrons. The third kappa shape index (κ3) is 1.80. The van der Waals surface area contributed by atoms with Crippen molar-refractivity contribution >= 4 is 0 Å². The monoisotopic (exact) mass is 244 g/mol.